The summed E-state index contributed by atoms with van der Waals surface area (Å²) < 4.78 is 5.46. The Hall–Kier alpha value is -0.690. The molecule has 0 spiro atoms. The van der Waals surface area contributed by atoms with Crippen LogP contribution in [0.2, 0.25) is 0 Å². The second-order valence-corrected chi connectivity index (χ2v) is 6.10. The molecule has 0 aromatic carbocycles. The average Bonchev–Trinajstić information content (AvgIpc) is 2.95. The van der Waals surface area contributed by atoms with Crippen molar-refractivity contribution in [2.75, 3.05) is 46.9 Å². The number of rotatable bonds is 5. The Labute approximate surface area is 121 Å². The highest BCUT2D eigenvalue weighted by Crippen LogP contribution is 2.24. The lowest BCUT2D eigenvalue weighted by atomic mass is 10.0. The highest BCUT2D eigenvalue weighted by Gasteiger charge is 2.41. The normalized spacial score (nSPS) is 34.1. The van der Waals surface area contributed by atoms with Crippen molar-refractivity contribution in [3.05, 3.63) is 0 Å². The van der Waals surface area contributed by atoms with Gasteiger partial charge in [0.05, 0.1) is 25.2 Å². The number of ether oxygens (including phenoxy) is 1. The van der Waals surface area contributed by atoms with Gasteiger partial charge in [-0.3, -0.25) is 4.79 Å². The molecule has 6 heteroatoms. The standard InChI is InChI=1S/C14H27N3O3/c1-4-15-13-9-20-8-12(13)14(19)17-7-11(18)5-10(17)6-16(2)3/h10-13,15,18H,4-9H2,1-3H3. The summed E-state index contributed by atoms with van der Waals surface area (Å²) in [4.78, 5) is 16.7. The number of likely N-dealkylation sites (N-methyl/N-ethyl adjacent to an activating group) is 2. The van der Waals surface area contributed by atoms with Crippen LogP contribution in [-0.4, -0.2) is 85.9 Å². The number of β-amino-alcohol motifs (C(OH)–C–C–N with tert-alkyl or cyclic N) is 1. The lowest BCUT2D eigenvalue weighted by molar-refractivity contribution is -0.137. The van der Waals surface area contributed by atoms with Crippen LogP contribution in [0.5, 0.6) is 0 Å². The van der Waals surface area contributed by atoms with Gasteiger partial charge >= 0.3 is 0 Å². The topological polar surface area (TPSA) is 65.0 Å². The fraction of sp³-hybridized carbons (Fsp3) is 0.929. The number of likely N-dealkylation sites (tertiary alicyclic amines) is 1. The fourth-order valence-corrected chi connectivity index (χ4v) is 3.23. The van der Waals surface area contributed by atoms with Gasteiger partial charge in [-0.25, -0.2) is 0 Å². The lowest BCUT2D eigenvalue weighted by Gasteiger charge is -2.30. The molecule has 4 atom stereocenters. The molecule has 1 amide bonds. The average molecular weight is 285 g/mol. The lowest BCUT2D eigenvalue weighted by Crippen LogP contribution is -2.49. The molecule has 20 heavy (non-hydrogen) atoms. The van der Waals surface area contributed by atoms with E-state index in [1.165, 1.54) is 0 Å². The predicted molar refractivity (Wildman–Crippen MR) is 76.5 cm³/mol. The van der Waals surface area contributed by atoms with Crippen molar-refractivity contribution in [2.45, 2.75) is 31.5 Å². The van der Waals surface area contributed by atoms with Gasteiger partial charge in [0, 0.05) is 25.2 Å². The van der Waals surface area contributed by atoms with Crippen LogP contribution in [0.1, 0.15) is 13.3 Å². The van der Waals surface area contributed by atoms with Crippen LogP contribution in [-0.2, 0) is 9.53 Å². The molecular weight excluding hydrogens is 258 g/mol. The Morgan fingerprint density at radius 1 is 1.45 bits per heavy atom. The van der Waals surface area contributed by atoms with Gasteiger partial charge in [0.1, 0.15) is 0 Å². The highest BCUT2D eigenvalue weighted by atomic mass is 16.5. The van der Waals surface area contributed by atoms with E-state index < -0.39 is 6.10 Å². The van der Waals surface area contributed by atoms with Crippen LogP contribution < -0.4 is 5.32 Å². The molecule has 2 saturated heterocycles. The van der Waals surface area contributed by atoms with Crippen LogP contribution in [0.3, 0.4) is 0 Å². The summed E-state index contributed by atoms with van der Waals surface area (Å²) >= 11 is 0. The minimum atomic E-state index is -0.399. The van der Waals surface area contributed by atoms with Crippen LogP contribution in [0.4, 0.5) is 0 Å². The van der Waals surface area contributed by atoms with Crippen molar-refractivity contribution >= 4 is 5.91 Å². The number of nitrogens with one attached hydrogen (secondary N) is 1. The van der Waals surface area contributed by atoms with Crippen molar-refractivity contribution < 1.29 is 14.6 Å². The molecule has 2 fully saturated rings. The molecule has 0 aliphatic carbocycles. The Kier molecular flexibility index (Phi) is 5.37. The smallest absolute Gasteiger partial charge is 0.230 e. The monoisotopic (exact) mass is 285 g/mol. The van der Waals surface area contributed by atoms with Gasteiger partial charge in [0.2, 0.25) is 5.91 Å². The fourth-order valence-electron chi connectivity index (χ4n) is 3.23. The number of aliphatic hydroxyl groups excluding tert-OH is 1. The van der Waals surface area contributed by atoms with E-state index in [1.54, 1.807) is 0 Å². The third-order valence-corrected chi connectivity index (χ3v) is 4.12. The van der Waals surface area contributed by atoms with E-state index >= 15 is 0 Å². The second-order valence-electron chi connectivity index (χ2n) is 6.10. The van der Waals surface area contributed by atoms with Crippen LogP contribution in [0.25, 0.3) is 0 Å². The molecular formula is C14H27N3O3. The van der Waals surface area contributed by atoms with Crippen molar-refractivity contribution in [3.63, 3.8) is 0 Å². The molecule has 0 bridgehead atoms. The summed E-state index contributed by atoms with van der Waals surface area (Å²) in [6.07, 6.45) is 0.271. The van der Waals surface area contributed by atoms with E-state index in [-0.39, 0.29) is 23.9 Å². The van der Waals surface area contributed by atoms with E-state index in [0.717, 1.165) is 13.1 Å². The van der Waals surface area contributed by atoms with Gasteiger partial charge < -0.3 is 25.0 Å². The maximum atomic E-state index is 12.7. The molecule has 2 N–H and O–H groups in total. The molecule has 2 aliphatic rings. The number of hydrogen-bond donors (Lipinski definition) is 2. The minimum Gasteiger partial charge on any atom is -0.391 e. The maximum absolute atomic E-state index is 12.7. The van der Waals surface area contributed by atoms with Crippen LogP contribution >= 0.6 is 0 Å². The molecule has 2 heterocycles. The van der Waals surface area contributed by atoms with Gasteiger partial charge in [-0.1, -0.05) is 6.92 Å². The van der Waals surface area contributed by atoms with E-state index in [9.17, 15) is 9.90 Å². The molecule has 0 saturated carbocycles. The zero-order valence-electron chi connectivity index (χ0n) is 12.7. The largest absolute Gasteiger partial charge is 0.391 e. The Balaban J connectivity index is 2.02. The first-order valence-electron chi connectivity index (χ1n) is 7.47. The minimum absolute atomic E-state index is 0.102. The summed E-state index contributed by atoms with van der Waals surface area (Å²) in [5.74, 6) is 0.00163. The van der Waals surface area contributed by atoms with E-state index in [1.807, 2.05) is 25.9 Å². The Bertz CT molecular complexity index is 338. The maximum Gasteiger partial charge on any atom is 0.230 e. The van der Waals surface area contributed by atoms with Gasteiger partial charge in [-0.05, 0) is 27.1 Å². The molecule has 4 unspecified atom stereocenters. The third kappa shape index (κ3) is 3.49. The summed E-state index contributed by atoms with van der Waals surface area (Å²) in [7, 11) is 3.99. The number of carbonyl (C=O) groups excluding carboxylic acids is 1. The van der Waals surface area contributed by atoms with Gasteiger partial charge in [-0.2, -0.15) is 0 Å². The van der Waals surface area contributed by atoms with E-state index in [0.29, 0.717) is 26.2 Å². The molecule has 116 valence electrons. The number of aliphatic hydroxyl groups is 1. The van der Waals surface area contributed by atoms with Gasteiger partial charge in [0.15, 0.2) is 0 Å². The zero-order chi connectivity index (χ0) is 14.7. The quantitative estimate of drug-likeness (QED) is 0.688. The molecule has 0 aromatic heterocycles. The SMILES string of the molecule is CCNC1COCC1C(=O)N1CC(O)CC1CN(C)C. The first-order chi connectivity index (χ1) is 9.52. The van der Waals surface area contributed by atoms with E-state index in [4.69, 9.17) is 4.74 Å². The highest BCUT2D eigenvalue weighted by molar-refractivity contribution is 5.80. The molecule has 2 rings (SSSR count). The number of amides is 1. The molecule has 0 aromatic rings. The summed E-state index contributed by atoms with van der Waals surface area (Å²) in [6, 6.07) is 0.209. The molecule has 0 radical (unpaired) electrons. The number of hydrogen-bond acceptors (Lipinski definition) is 5. The number of nitrogens with zero attached hydrogens (tertiary/aromatic N) is 2. The summed E-state index contributed by atoms with van der Waals surface area (Å²) in [5, 5.41) is 13.2. The summed E-state index contributed by atoms with van der Waals surface area (Å²) in [6.45, 7) is 5.20. The predicted octanol–water partition coefficient (Wildman–Crippen LogP) is -0.866. The van der Waals surface area contributed by atoms with Gasteiger partial charge in [0.25, 0.3) is 0 Å². The van der Waals surface area contributed by atoms with Crippen molar-refractivity contribution in [1.29, 1.82) is 0 Å². The van der Waals surface area contributed by atoms with Gasteiger partial charge in [-0.15, -0.1) is 0 Å². The van der Waals surface area contributed by atoms with Crippen molar-refractivity contribution in [3.8, 4) is 0 Å². The van der Waals surface area contributed by atoms with Crippen LogP contribution in [0.15, 0.2) is 0 Å². The summed E-state index contributed by atoms with van der Waals surface area (Å²) in [5.41, 5.74) is 0. The van der Waals surface area contributed by atoms with E-state index in [2.05, 4.69) is 10.2 Å². The Morgan fingerprint density at radius 3 is 2.85 bits per heavy atom. The molecule has 6 nitrogen and oxygen atoms in total. The molecule has 2 aliphatic heterocycles. The van der Waals surface area contributed by atoms with Crippen molar-refractivity contribution in [1.82, 2.24) is 15.1 Å². The zero-order valence-corrected chi connectivity index (χ0v) is 12.7. The second kappa shape index (κ2) is 6.85. The van der Waals surface area contributed by atoms with Crippen LogP contribution in [0, 0.1) is 5.92 Å². The first-order valence-corrected chi connectivity index (χ1v) is 7.47. The Morgan fingerprint density at radius 2 is 2.20 bits per heavy atom. The third-order valence-electron chi connectivity index (χ3n) is 4.12. The first kappa shape index (κ1) is 15.7. The number of carbonyl (C=O) groups is 1. The van der Waals surface area contributed by atoms with Crippen molar-refractivity contribution in [2.24, 2.45) is 5.92 Å².